The van der Waals surface area contributed by atoms with Crippen molar-refractivity contribution in [3.63, 3.8) is 0 Å². The first kappa shape index (κ1) is 22.9. The Balaban J connectivity index is 0.00000529. The summed E-state index contributed by atoms with van der Waals surface area (Å²) in [6.07, 6.45) is 0.813. The average molecular weight is 457 g/mol. The molecule has 0 bridgehead atoms. The van der Waals surface area contributed by atoms with Crippen LogP contribution >= 0.6 is 24.0 Å². The maximum atomic E-state index is 11.5. The molecule has 1 rings (SSSR count). The van der Waals surface area contributed by atoms with Crippen molar-refractivity contribution in [3.05, 3.63) is 0 Å². The minimum atomic E-state index is -0.341. The van der Waals surface area contributed by atoms with Crippen LogP contribution in [0.4, 0.5) is 4.79 Å². The van der Waals surface area contributed by atoms with Crippen molar-refractivity contribution in [2.45, 2.75) is 13.3 Å². The Kier molecular flexibility index (Phi) is 13.5. The third-order valence-electron chi connectivity index (χ3n) is 3.06. The molecule has 0 saturated carbocycles. The Hall–Kier alpha value is -1.14. The molecule has 1 aliphatic heterocycles. The highest BCUT2D eigenvalue weighted by Crippen LogP contribution is 1.96. The molecule has 0 atom stereocenters. The number of methoxy groups -OCH3 is 1. The van der Waals surface area contributed by atoms with Crippen LogP contribution in [0.15, 0.2) is 4.99 Å². The van der Waals surface area contributed by atoms with E-state index in [-0.39, 0.29) is 42.5 Å². The van der Waals surface area contributed by atoms with Crippen LogP contribution in [0.5, 0.6) is 0 Å². The van der Waals surface area contributed by atoms with Gasteiger partial charge in [0.1, 0.15) is 0 Å². The molecule has 0 unspecified atom stereocenters. The molecule has 0 radical (unpaired) electrons. The van der Waals surface area contributed by atoms with Gasteiger partial charge in [0.25, 0.3) is 0 Å². The molecule has 0 aromatic carbocycles. The number of aliphatic imine (C=N–C) groups is 1. The van der Waals surface area contributed by atoms with Gasteiger partial charge in [0.05, 0.1) is 19.8 Å². The van der Waals surface area contributed by atoms with E-state index in [1.165, 1.54) is 4.90 Å². The first-order valence-corrected chi connectivity index (χ1v) is 7.86. The lowest BCUT2D eigenvalue weighted by molar-refractivity contribution is -0.124. The number of nitrogens with one attached hydrogen (secondary N) is 3. The van der Waals surface area contributed by atoms with Crippen LogP contribution in [0.3, 0.4) is 0 Å². The van der Waals surface area contributed by atoms with E-state index in [1.54, 1.807) is 7.11 Å². The maximum Gasteiger partial charge on any atom is 0.324 e. The van der Waals surface area contributed by atoms with Crippen molar-refractivity contribution >= 4 is 41.9 Å². The molecule has 10 heteroatoms. The Morgan fingerprint density at radius 3 is 2.71 bits per heavy atom. The molecule has 0 aliphatic carbocycles. The molecule has 1 heterocycles. The predicted molar refractivity (Wildman–Crippen MR) is 102 cm³/mol. The lowest BCUT2D eigenvalue weighted by Crippen LogP contribution is -2.43. The Morgan fingerprint density at radius 2 is 2.08 bits per heavy atom. The van der Waals surface area contributed by atoms with Crippen LogP contribution in [-0.4, -0.2) is 82.5 Å². The second-order valence-corrected chi connectivity index (χ2v) is 4.85. The van der Waals surface area contributed by atoms with E-state index in [0.717, 1.165) is 13.0 Å². The zero-order chi connectivity index (χ0) is 16.9. The second-order valence-electron chi connectivity index (χ2n) is 4.85. The van der Waals surface area contributed by atoms with E-state index in [9.17, 15) is 9.59 Å². The Morgan fingerprint density at radius 1 is 1.29 bits per heavy atom. The number of guanidine groups is 1. The van der Waals surface area contributed by atoms with E-state index in [2.05, 4.69) is 20.9 Å². The van der Waals surface area contributed by atoms with Crippen molar-refractivity contribution in [2.75, 3.05) is 59.7 Å². The maximum absolute atomic E-state index is 11.5. The van der Waals surface area contributed by atoms with Gasteiger partial charge in [-0.3, -0.25) is 14.7 Å². The number of hydrogen-bond acceptors (Lipinski definition) is 5. The number of rotatable bonds is 11. The molecule has 1 saturated heterocycles. The first-order chi connectivity index (χ1) is 11.2. The summed E-state index contributed by atoms with van der Waals surface area (Å²) in [5, 5.41) is 8.71. The summed E-state index contributed by atoms with van der Waals surface area (Å²) >= 11 is 0. The van der Waals surface area contributed by atoms with E-state index in [1.807, 2.05) is 6.92 Å². The van der Waals surface area contributed by atoms with Gasteiger partial charge in [0.2, 0.25) is 5.91 Å². The molecular formula is C14H28IN5O4. The van der Waals surface area contributed by atoms with E-state index < -0.39 is 0 Å². The van der Waals surface area contributed by atoms with Gasteiger partial charge in [-0.25, -0.2) is 4.79 Å². The fourth-order valence-corrected chi connectivity index (χ4v) is 1.91. The second kappa shape index (κ2) is 14.2. The first-order valence-electron chi connectivity index (χ1n) is 7.86. The van der Waals surface area contributed by atoms with Gasteiger partial charge >= 0.3 is 6.03 Å². The number of amides is 3. The zero-order valence-corrected chi connectivity index (χ0v) is 16.6. The van der Waals surface area contributed by atoms with Gasteiger partial charge < -0.3 is 25.4 Å². The summed E-state index contributed by atoms with van der Waals surface area (Å²) in [5.41, 5.74) is 0. The molecule has 0 aromatic rings. The topological polar surface area (TPSA) is 104 Å². The number of imide groups is 1. The molecule has 3 N–H and O–H groups in total. The highest BCUT2D eigenvalue weighted by Gasteiger charge is 2.27. The number of nitrogens with zero attached hydrogens (tertiary/aromatic N) is 2. The molecule has 9 nitrogen and oxygen atoms in total. The molecular weight excluding hydrogens is 429 g/mol. The molecule has 0 aromatic heterocycles. The summed E-state index contributed by atoms with van der Waals surface area (Å²) in [6.45, 7) is 6.00. The molecule has 140 valence electrons. The highest BCUT2D eigenvalue weighted by atomic mass is 127. The fourth-order valence-electron chi connectivity index (χ4n) is 1.91. The third kappa shape index (κ3) is 9.23. The molecule has 3 amide bonds. The Labute approximate surface area is 159 Å². The van der Waals surface area contributed by atoms with Crippen LogP contribution in [0.2, 0.25) is 0 Å². The van der Waals surface area contributed by atoms with Gasteiger partial charge in [-0.2, -0.15) is 0 Å². The summed E-state index contributed by atoms with van der Waals surface area (Å²) in [4.78, 5) is 28.5. The lowest BCUT2D eigenvalue weighted by atomic mass is 10.4. The van der Waals surface area contributed by atoms with E-state index in [4.69, 9.17) is 9.47 Å². The largest absolute Gasteiger partial charge is 0.382 e. The van der Waals surface area contributed by atoms with Crippen molar-refractivity contribution in [1.29, 1.82) is 0 Å². The molecule has 1 aliphatic rings. The van der Waals surface area contributed by atoms with Crippen LogP contribution in [0.25, 0.3) is 0 Å². The van der Waals surface area contributed by atoms with Crippen molar-refractivity contribution in [3.8, 4) is 0 Å². The summed E-state index contributed by atoms with van der Waals surface area (Å²) in [7, 11) is 1.64. The predicted octanol–water partition coefficient (Wildman–Crippen LogP) is -0.236. The van der Waals surface area contributed by atoms with Gasteiger partial charge in [-0.15, -0.1) is 24.0 Å². The summed E-state index contributed by atoms with van der Waals surface area (Å²) < 4.78 is 10.3. The summed E-state index contributed by atoms with van der Waals surface area (Å²) in [5.74, 6) is 0.461. The summed E-state index contributed by atoms with van der Waals surface area (Å²) in [6, 6.07) is -0.341. The number of ether oxygens (including phenoxy) is 2. The number of carbonyl (C=O) groups excluding carboxylic acids is 2. The number of urea groups is 1. The molecule has 24 heavy (non-hydrogen) atoms. The van der Waals surface area contributed by atoms with Crippen LogP contribution in [0, 0.1) is 0 Å². The smallest absolute Gasteiger partial charge is 0.324 e. The number of hydrogen-bond donors (Lipinski definition) is 3. The molecule has 1 fully saturated rings. The highest BCUT2D eigenvalue weighted by molar-refractivity contribution is 14.0. The van der Waals surface area contributed by atoms with Crippen LogP contribution in [0.1, 0.15) is 13.3 Å². The van der Waals surface area contributed by atoms with Crippen LogP contribution in [-0.2, 0) is 14.3 Å². The van der Waals surface area contributed by atoms with Gasteiger partial charge in [0, 0.05) is 39.9 Å². The minimum absolute atomic E-state index is 0. The number of halogens is 1. The van der Waals surface area contributed by atoms with Crippen molar-refractivity contribution in [1.82, 2.24) is 20.9 Å². The van der Waals surface area contributed by atoms with Gasteiger partial charge in [-0.05, 0) is 13.3 Å². The van der Waals surface area contributed by atoms with Crippen molar-refractivity contribution < 1.29 is 19.1 Å². The van der Waals surface area contributed by atoms with Crippen molar-refractivity contribution in [2.24, 2.45) is 4.99 Å². The quantitative estimate of drug-likeness (QED) is 0.130. The van der Waals surface area contributed by atoms with Crippen LogP contribution < -0.4 is 16.0 Å². The minimum Gasteiger partial charge on any atom is -0.382 e. The Bertz CT molecular complexity index is 393. The molecule has 0 spiro atoms. The monoisotopic (exact) mass is 457 g/mol. The standard InChI is InChI=1S/C14H27N5O4.HI/c1-3-15-13(16-5-4-8-23-10-9-22-2)17-6-7-19-12(20)11-18-14(19)21;/h3-11H2,1-2H3,(H,18,21)(H2,15,16,17);1H. The lowest BCUT2D eigenvalue weighted by Gasteiger charge is -2.15. The van der Waals surface area contributed by atoms with E-state index in [0.29, 0.717) is 45.4 Å². The van der Waals surface area contributed by atoms with E-state index >= 15 is 0 Å². The normalized spacial score (nSPS) is 14.4. The SMILES string of the molecule is CCNC(=NCCCOCCOC)NCCN1C(=O)CNC1=O.I. The van der Waals surface area contributed by atoms with Gasteiger partial charge in [-0.1, -0.05) is 0 Å². The zero-order valence-electron chi connectivity index (χ0n) is 14.3. The number of carbonyl (C=O) groups is 2. The fraction of sp³-hybridized carbons (Fsp3) is 0.786. The third-order valence-corrected chi connectivity index (χ3v) is 3.06. The average Bonchev–Trinajstić information content (AvgIpc) is 2.85. The van der Waals surface area contributed by atoms with Gasteiger partial charge in [0.15, 0.2) is 5.96 Å².